The van der Waals surface area contributed by atoms with Gasteiger partial charge in [-0.15, -0.1) is 0 Å². The van der Waals surface area contributed by atoms with E-state index in [1.807, 2.05) is 19.9 Å². The second-order valence-electron chi connectivity index (χ2n) is 4.88. The van der Waals surface area contributed by atoms with Gasteiger partial charge in [0, 0.05) is 18.7 Å². The van der Waals surface area contributed by atoms with Crippen molar-refractivity contribution >= 4 is 17.6 Å². The zero-order valence-electron chi connectivity index (χ0n) is 11.8. The fourth-order valence-corrected chi connectivity index (χ4v) is 2.47. The highest BCUT2D eigenvalue weighted by Gasteiger charge is 2.08. The van der Waals surface area contributed by atoms with Crippen LogP contribution in [0.2, 0.25) is 0 Å². The van der Waals surface area contributed by atoms with Crippen molar-refractivity contribution in [2.75, 3.05) is 5.73 Å². The van der Waals surface area contributed by atoms with Crippen LogP contribution in [0.15, 0.2) is 39.1 Å². The molecule has 112 valence electrons. The summed E-state index contributed by atoms with van der Waals surface area (Å²) in [5, 5.41) is 3.49. The molecule has 0 spiro atoms. The molecule has 5 nitrogen and oxygen atoms in total. The molecule has 0 radical (unpaired) electrons. The van der Waals surface area contributed by atoms with Crippen molar-refractivity contribution in [3.8, 4) is 0 Å². The molecule has 0 unspecified atom stereocenters. The molecular weight excluding hydrogens is 291 g/mol. The Morgan fingerprint density at radius 1 is 1.43 bits per heavy atom. The molecule has 21 heavy (non-hydrogen) atoms. The maximum atomic E-state index is 14.1. The van der Waals surface area contributed by atoms with E-state index >= 15 is 0 Å². The van der Waals surface area contributed by atoms with Gasteiger partial charge in [0.25, 0.3) is 5.56 Å². The van der Waals surface area contributed by atoms with Gasteiger partial charge in [0.1, 0.15) is 11.6 Å². The Morgan fingerprint density at radius 2 is 2.19 bits per heavy atom. The highest BCUT2D eigenvalue weighted by atomic mass is 32.2. The Morgan fingerprint density at radius 3 is 2.81 bits per heavy atom. The molecule has 0 saturated heterocycles. The molecule has 0 amide bonds. The lowest BCUT2D eigenvalue weighted by Crippen LogP contribution is -2.21. The molecule has 0 aliphatic carbocycles. The number of benzene rings is 1. The van der Waals surface area contributed by atoms with Crippen LogP contribution in [0, 0.1) is 5.82 Å². The van der Waals surface area contributed by atoms with Crippen LogP contribution >= 0.6 is 11.8 Å². The summed E-state index contributed by atoms with van der Waals surface area (Å²) in [5.41, 5.74) is 6.00. The Labute approximate surface area is 126 Å². The van der Waals surface area contributed by atoms with E-state index in [9.17, 15) is 9.18 Å². The van der Waals surface area contributed by atoms with Gasteiger partial charge < -0.3 is 16.0 Å². The second kappa shape index (κ2) is 6.73. The number of hydrogen-bond acceptors (Lipinski definition) is 5. The molecule has 1 aromatic heterocycles. The van der Waals surface area contributed by atoms with Crippen molar-refractivity contribution in [2.45, 2.75) is 36.5 Å². The van der Waals surface area contributed by atoms with E-state index < -0.39 is 0 Å². The smallest absolute Gasteiger partial charge is 0.253 e. The van der Waals surface area contributed by atoms with Crippen molar-refractivity contribution in [1.82, 2.24) is 15.3 Å². The van der Waals surface area contributed by atoms with Crippen LogP contribution in [-0.4, -0.2) is 16.0 Å². The topological polar surface area (TPSA) is 83.8 Å². The van der Waals surface area contributed by atoms with E-state index in [0.717, 1.165) is 17.3 Å². The molecular formula is C14H17FN4OS. The largest absolute Gasteiger partial charge is 0.383 e. The quantitative estimate of drug-likeness (QED) is 0.737. The average molecular weight is 308 g/mol. The van der Waals surface area contributed by atoms with Gasteiger partial charge in [-0.05, 0) is 29.5 Å². The molecule has 4 N–H and O–H groups in total. The van der Waals surface area contributed by atoms with Crippen LogP contribution in [0.5, 0.6) is 0 Å². The van der Waals surface area contributed by atoms with Gasteiger partial charge in [-0.25, -0.2) is 9.37 Å². The summed E-state index contributed by atoms with van der Waals surface area (Å²) < 4.78 is 14.1. The van der Waals surface area contributed by atoms with E-state index in [1.54, 1.807) is 6.07 Å². The third-order valence-corrected chi connectivity index (χ3v) is 3.59. The highest BCUT2D eigenvalue weighted by Crippen LogP contribution is 2.27. The van der Waals surface area contributed by atoms with Gasteiger partial charge in [0.2, 0.25) is 0 Å². The first kappa shape index (κ1) is 15.5. The number of nitrogens with zero attached hydrogens (tertiary/aromatic N) is 1. The number of nitrogens with two attached hydrogens (primary N) is 1. The van der Waals surface area contributed by atoms with Gasteiger partial charge in [-0.2, -0.15) is 0 Å². The summed E-state index contributed by atoms with van der Waals surface area (Å²) in [4.78, 5) is 18.2. The minimum atomic E-state index is -0.358. The molecule has 0 aliphatic rings. The van der Waals surface area contributed by atoms with E-state index in [-0.39, 0.29) is 22.4 Å². The first-order chi connectivity index (χ1) is 9.94. The highest BCUT2D eigenvalue weighted by molar-refractivity contribution is 7.99. The van der Waals surface area contributed by atoms with E-state index in [0.29, 0.717) is 17.5 Å². The first-order valence-electron chi connectivity index (χ1n) is 6.50. The zero-order valence-corrected chi connectivity index (χ0v) is 12.6. The third-order valence-electron chi connectivity index (χ3n) is 2.66. The lowest BCUT2D eigenvalue weighted by Gasteiger charge is -2.09. The maximum Gasteiger partial charge on any atom is 0.253 e. The molecule has 1 aromatic carbocycles. The summed E-state index contributed by atoms with van der Waals surface area (Å²) in [6.07, 6.45) is 0. The van der Waals surface area contributed by atoms with Gasteiger partial charge in [0.15, 0.2) is 5.16 Å². The monoisotopic (exact) mass is 308 g/mol. The fourth-order valence-electron chi connectivity index (χ4n) is 1.66. The Hall–Kier alpha value is -1.86. The van der Waals surface area contributed by atoms with Crippen LogP contribution in [0.25, 0.3) is 0 Å². The number of nitrogens with one attached hydrogen (secondary N) is 2. The minimum absolute atomic E-state index is 0.111. The fraction of sp³-hybridized carbons (Fsp3) is 0.286. The number of nitrogen functional groups attached to an aromatic ring is 1. The van der Waals surface area contributed by atoms with Crippen molar-refractivity contribution in [3.05, 3.63) is 46.0 Å². The van der Waals surface area contributed by atoms with Crippen LogP contribution in [0.4, 0.5) is 10.2 Å². The summed E-state index contributed by atoms with van der Waals surface area (Å²) in [6.45, 7) is 4.66. The molecule has 1 heterocycles. The van der Waals surface area contributed by atoms with Gasteiger partial charge in [0.05, 0.1) is 4.90 Å². The van der Waals surface area contributed by atoms with Crippen LogP contribution in [0.3, 0.4) is 0 Å². The van der Waals surface area contributed by atoms with E-state index in [2.05, 4.69) is 15.3 Å². The average Bonchev–Trinajstić information content (AvgIpc) is 2.38. The van der Waals surface area contributed by atoms with Crippen LogP contribution in [-0.2, 0) is 6.54 Å². The van der Waals surface area contributed by atoms with Crippen molar-refractivity contribution < 1.29 is 4.39 Å². The standard InChI is InChI=1S/C14H17FN4OS/c1-8(2)17-7-9-3-4-11(10(15)5-9)21-14-18-12(16)6-13(20)19-14/h3-6,8,17H,7H2,1-2H3,(H3,16,18,19,20). The maximum absolute atomic E-state index is 14.1. The van der Waals surface area contributed by atoms with Crippen LogP contribution < -0.4 is 16.6 Å². The summed E-state index contributed by atoms with van der Waals surface area (Å²) in [7, 11) is 0. The normalized spacial score (nSPS) is 11.0. The first-order valence-corrected chi connectivity index (χ1v) is 7.32. The van der Waals surface area contributed by atoms with Crippen molar-refractivity contribution in [3.63, 3.8) is 0 Å². The van der Waals surface area contributed by atoms with Crippen LogP contribution in [0.1, 0.15) is 19.4 Å². The Bertz CT molecular complexity index is 687. The predicted molar refractivity (Wildman–Crippen MR) is 81.8 cm³/mol. The summed E-state index contributed by atoms with van der Waals surface area (Å²) in [6, 6.07) is 6.50. The van der Waals surface area contributed by atoms with Crippen molar-refractivity contribution in [2.24, 2.45) is 0 Å². The molecule has 0 aliphatic heterocycles. The number of rotatable bonds is 5. The molecule has 2 aromatic rings. The molecule has 0 fully saturated rings. The Balaban J connectivity index is 2.15. The number of anilines is 1. The minimum Gasteiger partial charge on any atom is -0.383 e. The van der Waals surface area contributed by atoms with E-state index in [1.165, 1.54) is 12.1 Å². The summed E-state index contributed by atoms with van der Waals surface area (Å²) >= 11 is 1.03. The van der Waals surface area contributed by atoms with Gasteiger partial charge >= 0.3 is 0 Å². The number of aromatic amines is 1. The lowest BCUT2D eigenvalue weighted by molar-refractivity contribution is 0.574. The number of halogens is 1. The number of hydrogen-bond donors (Lipinski definition) is 3. The predicted octanol–water partition coefficient (Wildman–Crippen LogP) is 2.14. The second-order valence-corrected chi connectivity index (χ2v) is 5.91. The molecule has 7 heteroatoms. The van der Waals surface area contributed by atoms with E-state index in [4.69, 9.17) is 5.73 Å². The zero-order chi connectivity index (χ0) is 15.4. The Kier molecular flexibility index (Phi) is 4.98. The van der Waals surface area contributed by atoms with Crippen molar-refractivity contribution in [1.29, 1.82) is 0 Å². The molecule has 0 saturated carbocycles. The van der Waals surface area contributed by atoms with Gasteiger partial charge in [-0.1, -0.05) is 19.9 Å². The third kappa shape index (κ3) is 4.57. The number of aromatic nitrogens is 2. The molecule has 2 rings (SSSR count). The molecule has 0 atom stereocenters. The molecule has 0 bridgehead atoms. The lowest BCUT2D eigenvalue weighted by atomic mass is 10.2. The summed E-state index contributed by atoms with van der Waals surface area (Å²) in [5.74, 6) is -0.243. The SMILES string of the molecule is CC(C)NCc1ccc(Sc2nc(N)cc(=O)[nH]2)c(F)c1. The van der Waals surface area contributed by atoms with Gasteiger partial charge in [-0.3, -0.25) is 4.79 Å². The number of H-pyrrole nitrogens is 1.